The molecule has 0 atom stereocenters. The van der Waals surface area contributed by atoms with Crippen LogP contribution in [0.5, 0.6) is 0 Å². The summed E-state index contributed by atoms with van der Waals surface area (Å²) in [6.45, 7) is 41.6. The van der Waals surface area contributed by atoms with Crippen LogP contribution in [-0.2, 0) is 0 Å². The molecule has 1 aliphatic rings. The highest BCUT2D eigenvalue weighted by Gasteiger charge is 2.06. The lowest BCUT2D eigenvalue weighted by Gasteiger charge is -2.15. The van der Waals surface area contributed by atoms with Gasteiger partial charge < -0.3 is 0 Å². The minimum Gasteiger partial charge on any atom is -0.0776 e. The molecular weight excluding hydrogens is 528 g/mol. The number of hydrogen-bond acceptors (Lipinski definition) is 0. The summed E-state index contributed by atoms with van der Waals surface area (Å²) in [7, 11) is 0. The molecule has 0 heteroatoms. The SMILES string of the molecule is C.CC.CC(C)(C)C.CC1CCCCC1.CCC.CCC(C)C.CCCC(C)(C)C.CCCCCCC.Cc1ccccc1. The quantitative estimate of drug-likeness (QED) is 0.276. The summed E-state index contributed by atoms with van der Waals surface area (Å²) in [6, 6.07) is 10.3. The summed E-state index contributed by atoms with van der Waals surface area (Å²) in [6.07, 6.45) is 19.7. The van der Waals surface area contributed by atoms with Crippen molar-refractivity contribution in [2.45, 2.75) is 229 Å². The maximum atomic E-state index is 2.36. The van der Waals surface area contributed by atoms with Gasteiger partial charge in [-0.25, -0.2) is 0 Å². The molecule has 1 saturated carbocycles. The molecule has 1 aromatic carbocycles. The number of unbranched alkanes of at least 4 members (excludes halogenated alkanes) is 4. The van der Waals surface area contributed by atoms with Crippen molar-refractivity contribution in [2.75, 3.05) is 0 Å². The summed E-state index contributed by atoms with van der Waals surface area (Å²) < 4.78 is 0. The van der Waals surface area contributed by atoms with Crippen LogP contribution in [0.2, 0.25) is 0 Å². The van der Waals surface area contributed by atoms with Crippen LogP contribution in [0.4, 0.5) is 0 Å². The molecule has 44 heavy (non-hydrogen) atoms. The zero-order valence-corrected chi connectivity index (χ0v) is 34.4. The fourth-order valence-electron chi connectivity index (χ4n) is 3.27. The molecule has 2 rings (SSSR count). The monoisotopic (exact) mass is 625 g/mol. The fraction of sp³-hybridized carbons (Fsp3) is 0.864. The van der Waals surface area contributed by atoms with E-state index in [1.807, 2.05) is 32.0 Å². The predicted octanol–water partition coefficient (Wildman–Crippen LogP) is 17.6. The molecule has 0 saturated heterocycles. The lowest BCUT2D eigenvalue weighted by atomic mass is 9.91. The Balaban J connectivity index is -0.0000000726. The molecule has 0 nitrogen and oxygen atoms in total. The van der Waals surface area contributed by atoms with Crippen LogP contribution in [0, 0.1) is 29.6 Å². The van der Waals surface area contributed by atoms with Gasteiger partial charge in [0.1, 0.15) is 0 Å². The van der Waals surface area contributed by atoms with E-state index in [9.17, 15) is 0 Å². The Bertz CT molecular complexity index is 509. The standard InChI is InChI=1S/C7H14.C7H8.2C7H16.2C5H12.C3H8.C2H6.CH4/c2*1-7-5-3-2-4-6-7;1-5-6-7(2,3)4;1-3-5-7-6-4-2;1-5(2,3)4;1-4-5(2)3;1-3-2;1-2;/h7H,2-6H2,1H3;2-6H,1H3;5-6H2,1-4H3;3-7H2,1-2H3;1-4H3;5H,4H2,1-3H3;3H2,1-2H3;1-2H3;1H4. The van der Waals surface area contributed by atoms with E-state index in [1.54, 1.807) is 0 Å². The zero-order valence-electron chi connectivity index (χ0n) is 34.4. The first-order valence-electron chi connectivity index (χ1n) is 19.0. The van der Waals surface area contributed by atoms with Crippen molar-refractivity contribution in [3.8, 4) is 0 Å². The minimum atomic E-state index is 0. The van der Waals surface area contributed by atoms with Crippen molar-refractivity contribution >= 4 is 0 Å². The molecular formula is C44H96. The van der Waals surface area contributed by atoms with E-state index in [-0.39, 0.29) is 7.43 Å². The third-order valence-corrected chi connectivity index (χ3v) is 5.86. The molecule has 0 N–H and O–H groups in total. The molecule has 0 amide bonds. The van der Waals surface area contributed by atoms with E-state index < -0.39 is 0 Å². The second-order valence-corrected chi connectivity index (χ2v) is 15.3. The van der Waals surface area contributed by atoms with Crippen LogP contribution in [0.1, 0.15) is 228 Å². The lowest BCUT2D eigenvalue weighted by molar-refractivity contribution is 0.373. The average Bonchev–Trinajstić information content (AvgIpc) is 2.91. The largest absolute Gasteiger partial charge is 0.0776 e. The maximum Gasteiger partial charge on any atom is -0.0383 e. The van der Waals surface area contributed by atoms with Gasteiger partial charge in [0.25, 0.3) is 0 Å². The number of aryl methyl sites for hydroxylation is 1. The van der Waals surface area contributed by atoms with Gasteiger partial charge in [-0.2, -0.15) is 0 Å². The molecule has 0 bridgehead atoms. The highest BCUT2D eigenvalue weighted by molar-refractivity contribution is 5.11. The topological polar surface area (TPSA) is 0 Å². The number of rotatable bonds is 6. The molecule has 0 unspecified atom stereocenters. The lowest BCUT2D eigenvalue weighted by Crippen LogP contribution is -2.02. The Kier molecular flexibility index (Phi) is 62.2. The van der Waals surface area contributed by atoms with Crippen molar-refractivity contribution in [3.05, 3.63) is 35.9 Å². The van der Waals surface area contributed by atoms with Crippen LogP contribution >= 0.6 is 0 Å². The molecule has 1 fully saturated rings. The van der Waals surface area contributed by atoms with Crippen LogP contribution in [0.25, 0.3) is 0 Å². The van der Waals surface area contributed by atoms with Crippen LogP contribution in [0.15, 0.2) is 30.3 Å². The first-order chi connectivity index (χ1) is 19.9. The van der Waals surface area contributed by atoms with Gasteiger partial charge in [0, 0.05) is 0 Å². The summed E-state index contributed by atoms with van der Waals surface area (Å²) in [5, 5.41) is 0. The van der Waals surface area contributed by atoms with Crippen molar-refractivity contribution in [2.24, 2.45) is 22.7 Å². The van der Waals surface area contributed by atoms with Crippen LogP contribution < -0.4 is 0 Å². The third-order valence-electron chi connectivity index (χ3n) is 5.86. The maximum absolute atomic E-state index is 2.36. The molecule has 0 spiro atoms. The Labute approximate surface area is 286 Å². The van der Waals surface area contributed by atoms with E-state index in [4.69, 9.17) is 0 Å². The zero-order chi connectivity index (χ0) is 35.2. The highest BCUT2D eigenvalue weighted by Crippen LogP contribution is 2.22. The highest BCUT2D eigenvalue weighted by atomic mass is 14.1. The van der Waals surface area contributed by atoms with E-state index >= 15 is 0 Å². The minimum absolute atomic E-state index is 0. The first kappa shape index (κ1) is 58.7. The summed E-state index contributed by atoms with van der Waals surface area (Å²) in [5.41, 5.74) is 2.37. The van der Waals surface area contributed by atoms with Crippen molar-refractivity contribution in [1.29, 1.82) is 0 Å². The second kappa shape index (κ2) is 46.6. The van der Waals surface area contributed by atoms with Gasteiger partial charge in [-0.05, 0) is 36.0 Å². The van der Waals surface area contributed by atoms with Crippen LogP contribution in [-0.4, -0.2) is 0 Å². The molecule has 1 aromatic rings. The van der Waals surface area contributed by atoms with Gasteiger partial charge in [0.2, 0.25) is 0 Å². The Morgan fingerprint density at radius 2 is 1.00 bits per heavy atom. The van der Waals surface area contributed by atoms with Gasteiger partial charge in [-0.15, -0.1) is 0 Å². The molecule has 1 aliphatic carbocycles. The number of benzene rings is 1. The van der Waals surface area contributed by atoms with Crippen molar-refractivity contribution in [1.82, 2.24) is 0 Å². The Morgan fingerprint density at radius 3 is 1.14 bits per heavy atom. The smallest absolute Gasteiger partial charge is 0.0383 e. The van der Waals surface area contributed by atoms with Crippen LogP contribution in [0.3, 0.4) is 0 Å². The number of hydrogen-bond donors (Lipinski definition) is 0. The second-order valence-electron chi connectivity index (χ2n) is 15.3. The van der Waals surface area contributed by atoms with Crippen molar-refractivity contribution < 1.29 is 0 Å². The van der Waals surface area contributed by atoms with E-state index in [0.717, 1.165) is 11.8 Å². The summed E-state index contributed by atoms with van der Waals surface area (Å²) >= 11 is 0. The third kappa shape index (κ3) is 105. The van der Waals surface area contributed by atoms with Gasteiger partial charge in [-0.1, -0.05) is 251 Å². The van der Waals surface area contributed by atoms with Gasteiger partial charge in [0.05, 0.1) is 0 Å². The van der Waals surface area contributed by atoms with E-state index in [2.05, 4.69) is 130 Å². The first-order valence-corrected chi connectivity index (χ1v) is 19.0. The fourth-order valence-corrected chi connectivity index (χ4v) is 3.27. The molecule has 272 valence electrons. The Hall–Kier alpha value is -0.780. The average molecular weight is 625 g/mol. The van der Waals surface area contributed by atoms with Crippen molar-refractivity contribution in [3.63, 3.8) is 0 Å². The van der Waals surface area contributed by atoms with E-state index in [1.165, 1.54) is 95.5 Å². The van der Waals surface area contributed by atoms with Gasteiger partial charge >= 0.3 is 0 Å². The molecule has 0 heterocycles. The summed E-state index contributed by atoms with van der Waals surface area (Å²) in [4.78, 5) is 0. The van der Waals surface area contributed by atoms with E-state index in [0.29, 0.717) is 10.8 Å². The Morgan fingerprint density at radius 1 is 0.659 bits per heavy atom. The van der Waals surface area contributed by atoms with Gasteiger partial charge in [0.15, 0.2) is 0 Å². The normalized spacial score (nSPS) is 11.8. The molecule has 0 aromatic heterocycles. The molecule has 0 aliphatic heterocycles. The predicted molar refractivity (Wildman–Crippen MR) is 217 cm³/mol. The summed E-state index contributed by atoms with van der Waals surface area (Å²) in [5.74, 6) is 1.92. The molecule has 0 radical (unpaired) electrons. The van der Waals surface area contributed by atoms with Gasteiger partial charge in [-0.3, -0.25) is 0 Å².